The van der Waals surface area contributed by atoms with Crippen molar-refractivity contribution < 1.29 is 13.6 Å². The molecule has 4 nitrogen and oxygen atoms in total. The Balaban J connectivity index is 1.77. The van der Waals surface area contributed by atoms with Crippen LogP contribution in [-0.4, -0.2) is 15.9 Å². The lowest BCUT2D eigenvalue weighted by Gasteiger charge is -2.12. The van der Waals surface area contributed by atoms with E-state index in [1.165, 1.54) is 17.3 Å². The molecule has 0 fully saturated rings. The lowest BCUT2D eigenvalue weighted by atomic mass is 9.97. The van der Waals surface area contributed by atoms with Crippen molar-refractivity contribution in [1.29, 1.82) is 0 Å². The first-order valence-electron chi connectivity index (χ1n) is 7.66. The average Bonchev–Trinajstić information content (AvgIpc) is 2.94. The largest absolute Gasteiger partial charge is 0.306 e. The van der Waals surface area contributed by atoms with Gasteiger partial charge in [0.1, 0.15) is 34.2 Å². The molecule has 0 spiro atoms. The van der Waals surface area contributed by atoms with E-state index in [9.17, 15) is 13.6 Å². The number of aromatic nitrogens is 2. The highest BCUT2D eigenvalue weighted by atomic mass is 32.1. The van der Waals surface area contributed by atoms with Crippen molar-refractivity contribution in [2.24, 2.45) is 0 Å². The van der Waals surface area contributed by atoms with Crippen LogP contribution in [0.5, 0.6) is 0 Å². The van der Waals surface area contributed by atoms with Crippen LogP contribution in [0.15, 0.2) is 24.5 Å². The van der Waals surface area contributed by atoms with Gasteiger partial charge >= 0.3 is 0 Å². The summed E-state index contributed by atoms with van der Waals surface area (Å²) in [4.78, 5) is 22.8. The van der Waals surface area contributed by atoms with Crippen LogP contribution in [0.3, 0.4) is 0 Å². The number of carbonyl (C=O) groups excluding carboxylic acids is 1. The molecular formula is C17H13F2N3OS. The minimum Gasteiger partial charge on any atom is -0.306 e. The predicted octanol–water partition coefficient (Wildman–Crippen LogP) is 4.10. The van der Waals surface area contributed by atoms with Gasteiger partial charge in [0.25, 0.3) is 5.91 Å². The number of aryl methyl sites for hydroxylation is 2. The first kappa shape index (κ1) is 15.1. The molecule has 1 aliphatic rings. The summed E-state index contributed by atoms with van der Waals surface area (Å²) in [5.41, 5.74) is 0.541. The van der Waals surface area contributed by atoms with Gasteiger partial charge in [-0.2, -0.15) is 0 Å². The van der Waals surface area contributed by atoms with Crippen LogP contribution in [0.4, 0.5) is 14.6 Å². The van der Waals surface area contributed by atoms with E-state index in [0.29, 0.717) is 5.82 Å². The molecule has 0 aliphatic heterocycles. The van der Waals surface area contributed by atoms with Gasteiger partial charge in [0.2, 0.25) is 0 Å². The second-order valence-electron chi connectivity index (χ2n) is 5.66. The van der Waals surface area contributed by atoms with Gasteiger partial charge in [0.05, 0.1) is 5.39 Å². The molecular weight excluding hydrogens is 332 g/mol. The number of nitrogens with one attached hydrogen (secondary N) is 1. The quantitative estimate of drug-likeness (QED) is 0.761. The van der Waals surface area contributed by atoms with E-state index in [0.717, 1.165) is 53.6 Å². The number of rotatable bonds is 2. The Kier molecular flexibility index (Phi) is 3.72. The maximum atomic E-state index is 13.8. The molecule has 24 heavy (non-hydrogen) atoms. The van der Waals surface area contributed by atoms with Crippen molar-refractivity contribution >= 4 is 33.3 Å². The summed E-state index contributed by atoms with van der Waals surface area (Å²) in [7, 11) is 0. The zero-order chi connectivity index (χ0) is 16.7. The lowest BCUT2D eigenvalue weighted by molar-refractivity contribution is 0.101. The second kappa shape index (κ2) is 5.90. The monoisotopic (exact) mass is 345 g/mol. The highest BCUT2D eigenvalue weighted by Crippen LogP contribution is 2.38. The summed E-state index contributed by atoms with van der Waals surface area (Å²) < 4.78 is 27.6. The van der Waals surface area contributed by atoms with Crippen LogP contribution in [0, 0.1) is 11.6 Å². The highest BCUT2D eigenvalue weighted by Gasteiger charge is 2.23. The Morgan fingerprint density at radius 2 is 1.88 bits per heavy atom. The van der Waals surface area contributed by atoms with Gasteiger partial charge in [-0.15, -0.1) is 11.3 Å². The summed E-state index contributed by atoms with van der Waals surface area (Å²) in [5, 5.41) is 3.35. The zero-order valence-electron chi connectivity index (χ0n) is 12.6. The molecule has 0 bridgehead atoms. The molecule has 4 rings (SSSR count). The fourth-order valence-corrected chi connectivity index (χ4v) is 4.30. The molecule has 0 radical (unpaired) electrons. The number of fused-ring (bicyclic) bond motifs is 3. The number of amides is 1. The molecule has 1 N–H and O–H groups in total. The van der Waals surface area contributed by atoms with Gasteiger partial charge in [0, 0.05) is 4.88 Å². The van der Waals surface area contributed by atoms with Crippen LogP contribution < -0.4 is 5.32 Å². The third kappa shape index (κ3) is 2.45. The molecule has 2 aromatic heterocycles. The van der Waals surface area contributed by atoms with E-state index in [1.807, 2.05) is 0 Å². The Labute approximate surface area is 140 Å². The summed E-state index contributed by atoms with van der Waals surface area (Å²) in [6.45, 7) is 0. The fourth-order valence-electron chi connectivity index (χ4n) is 3.07. The maximum Gasteiger partial charge on any atom is 0.262 e. The minimum absolute atomic E-state index is 0.312. The van der Waals surface area contributed by atoms with Crippen LogP contribution >= 0.6 is 11.3 Å². The number of hydrogen-bond donors (Lipinski definition) is 1. The fraction of sp³-hybridized carbons (Fsp3) is 0.235. The number of carbonyl (C=O) groups is 1. The average molecular weight is 345 g/mol. The number of anilines is 1. The molecule has 0 atom stereocenters. The first-order valence-corrected chi connectivity index (χ1v) is 8.47. The predicted molar refractivity (Wildman–Crippen MR) is 88.4 cm³/mol. The minimum atomic E-state index is -0.898. The van der Waals surface area contributed by atoms with Crippen molar-refractivity contribution in [2.45, 2.75) is 25.7 Å². The van der Waals surface area contributed by atoms with Crippen molar-refractivity contribution in [3.05, 3.63) is 52.2 Å². The number of thiophene rings is 1. The summed E-state index contributed by atoms with van der Waals surface area (Å²) in [6, 6.07) is 3.33. The van der Waals surface area contributed by atoms with Crippen LogP contribution in [0.1, 0.15) is 33.6 Å². The Bertz CT molecular complexity index is 934. The van der Waals surface area contributed by atoms with E-state index in [-0.39, 0.29) is 0 Å². The van der Waals surface area contributed by atoms with Gasteiger partial charge in [-0.1, -0.05) is 6.07 Å². The molecule has 7 heteroatoms. The molecule has 2 heterocycles. The smallest absolute Gasteiger partial charge is 0.262 e. The van der Waals surface area contributed by atoms with Gasteiger partial charge < -0.3 is 5.32 Å². The van der Waals surface area contributed by atoms with Gasteiger partial charge in [-0.3, -0.25) is 4.79 Å². The summed E-state index contributed by atoms with van der Waals surface area (Å²) >= 11 is 1.59. The van der Waals surface area contributed by atoms with Crippen molar-refractivity contribution in [1.82, 2.24) is 9.97 Å². The lowest BCUT2D eigenvalue weighted by Crippen LogP contribution is -2.17. The number of hydrogen-bond acceptors (Lipinski definition) is 4. The summed E-state index contributed by atoms with van der Waals surface area (Å²) in [5.74, 6) is -2.33. The van der Waals surface area contributed by atoms with Gasteiger partial charge in [-0.05, 0) is 43.4 Å². The van der Waals surface area contributed by atoms with E-state index in [4.69, 9.17) is 0 Å². The van der Waals surface area contributed by atoms with Crippen LogP contribution in [0.2, 0.25) is 0 Å². The molecule has 3 aromatic rings. The number of halogens is 2. The second-order valence-corrected chi connectivity index (χ2v) is 6.75. The maximum absolute atomic E-state index is 13.8. The van der Waals surface area contributed by atoms with Gasteiger partial charge in [0.15, 0.2) is 0 Å². The van der Waals surface area contributed by atoms with Crippen molar-refractivity contribution in [3.63, 3.8) is 0 Å². The Morgan fingerprint density at radius 3 is 2.67 bits per heavy atom. The SMILES string of the molecule is O=C(Nc1ncnc2sc3c(c12)CCCC3)c1c(F)cccc1F. The molecule has 0 saturated carbocycles. The summed E-state index contributed by atoms with van der Waals surface area (Å²) in [6.07, 6.45) is 5.46. The Morgan fingerprint density at radius 1 is 1.12 bits per heavy atom. The highest BCUT2D eigenvalue weighted by molar-refractivity contribution is 7.19. The zero-order valence-corrected chi connectivity index (χ0v) is 13.4. The van der Waals surface area contributed by atoms with E-state index in [1.54, 1.807) is 11.3 Å². The number of nitrogens with zero attached hydrogens (tertiary/aromatic N) is 2. The van der Waals surface area contributed by atoms with Gasteiger partial charge in [-0.25, -0.2) is 18.7 Å². The molecule has 122 valence electrons. The molecule has 1 aromatic carbocycles. The van der Waals surface area contributed by atoms with E-state index >= 15 is 0 Å². The molecule has 1 aliphatic carbocycles. The third-order valence-corrected chi connectivity index (χ3v) is 5.37. The molecule has 1 amide bonds. The van der Waals surface area contributed by atoms with Crippen LogP contribution in [-0.2, 0) is 12.8 Å². The van der Waals surface area contributed by atoms with Crippen molar-refractivity contribution in [3.8, 4) is 0 Å². The normalized spacial score (nSPS) is 13.8. The molecule has 0 saturated heterocycles. The van der Waals surface area contributed by atoms with E-state index < -0.39 is 23.1 Å². The standard InChI is InChI=1S/C17H13F2N3OS/c18-10-5-3-6-11(19)14(10)16(23)22-15-13-9-4-1-2-7-12(9)24-17(13)21-8-20-15/h3,5-6,8H,1-2,4,7H2,(H,20,21,22,23). The van der Waals surface area contributed by atoms with E-state index in [2.05, 4.69) is 15.3 Å². The van der Waals surface area contributed by atoms with Crippen molar-refractivity contribution in [2.75, 3.05) is 5.32 Å². The van der Waals surface area contributed by atoms with Crippen LogP contribution in [0.25, 0.3) is 10.2 Å². The Hall–Kier alpha value is -2.41. The topological polar surface area (TPSA) is 54.9 Å². The molecule has 0 unspecified atom stereocenters. The third-order valence-electron chi connectivity index (χ3n) is 4.17. The first-order chi connectivity index (χ1) is 11.6. The number of benzene rings is 1.